The van der Waals surface area contributed by atoms with Crippen LogP contribution in [0.5, 0.6) is 0 Å². The van der Waals surface area contributed by atoms with Gasteiger partial charge >= 0.3 is 0 Å². The van der Waals surface area contributed by atoms with Crippen LogP contribution >= 0.6 is 0 Å². The summed E-state index contributed by atoms with van der Waals surface area (Å²) in [6.07, 6.45) is 0.627. The van der Waals surface area contributed by atoms with Gasteiger partial charge in [-0.15, -0.1) is 0 Å². The molecule has 0 fully saturated rings. The highest BCUT2D eigenvalue weighted by atomic mass is 16.2. The summed E-state index contributed by atoms with van der Waals surface area (Å²) < 4.78 is 0. The van der Waals surface area contributed by atoms with E-state index in [4.69, 9.17) is 0 Å². The van der Waals surface area contributed by atoms with Crippen LogP contribution in [0.3, 0.4) is 0 Å². The summed E-state index contributed by atoms with van der Waals surface area (Å²) in [6, 6.07) is 13.2. The molecule has 0 radical (unpaired) electrons. The fraction of sp³-hybridized carbons (Fsp3) is 0.440. The molecule has 1 aliphatic rings. The van der Waals surface area contributed by atoms with Crippen LogP contribution in [0, 0.1) is 12.8 Å². The number of fused-ring (bicyclic) bond motifs is 1. The molecule has 0 saturated heterocycles. The van der Waals surface area contributed by atoms with Crippen molar-refractivity contribution in [3.8, 4) is 0 Å². The summed E-state index contributed by atoms with van der Waals surface area (Å²) in [5.41, 5.74) is 4.67. The van der Waals surface area contributed by atoms with E-state index in [0.29, 0.717) is 24.4 Å². The highest BCUT2D eigenvalue weighted by Gasteiger charge is 2.36. The van der Waals surface area contributed by atoms with Crippen molar-refractivity contribution >= 4 is 23.2 Å². The molecule has 160 valence electrons. The van der Waals surface area contributed by atoms with E-state index in [2.05, 4.69) is 44.0 Å². The first-order valence-electron chi connectivity index (χ1n) is 10.9. The fourth-order valence-corrected chi connectivity index (χ4v) is 4.14. The molecule has 3 rings (SSSR count). The highest BCUT2D eigenvalue weighted by molar-refractivity contribution is 6.03. The number of nitrogens with zero attached hydrogens (tertiary/aromatic N) is 2. The van der Waals surface area contributed by atoms with Crippen molar-refractivity contribution in [3.05, 3.63) is 59.2 Å². The number of hydrogen-bond donors (Lipinski definition) is 1. The predicted molar refractivity (Wildman–Crippen MR) is 123 cm³/mol. The van der Waals surface area contributed by atoms with E-state index in [1.165, 1.54) is 0 Å². The van der Waals surface area contributed by atoms with E-state index < -0.39 is 6.04 Å². The van der Waals surface area contributed by atoms with Crippen molar-refractivity contribution in [3.63, 3.8) is 0 Å². The van der Waals surface area contributed by atoms with E-state index in [9.17, 15) is 9.59 Å². The summed E-state index contributed by atoms with van der Waals surface area (Å²) >= 11 is 0. The molecule has 2 amide bonds. The third-order valence-electron chi connectivity index (χ3n) is 5.82. The molecule has 5 heteroatoms. The second-order valence-corrected chi connectivity index (χ2v) is 8.40. The summed E-state index contributed by atoms with van der Waals surface area (Å²) in [7, 11) is 0. The molecule has 1 heterocycles. The monoisotopic (exact) mass is 407 g/mol. The molecule has 0 saturated carbocycles. The van der Waals surface area contributed by atoms with Gasteiger partial charge in [-0.2, -0.15) is 0 Å². The van der Waals surface area contributed by atoms with Gasteiger partial charge < -0.3 is 15.1 Å². The van der Waals surface area contributed by atoms with Crippen molar-refractivity contribution in [2.24, 2.45) is 5.92 Å². The van der Waals surface area contributed by atoms with Crippen LogP contribution < -0.4 is 10.2 Å². The lowest BCUT2D eigenvalue weighted by molar-refractivity contribution is -0.121. The number of amides is 2. The number of anilines is 2. The van der Waals surface area contributed by atoms with Gasteiger partial charge in [0.2, 0.25) is 5.91 Å². The summed E-state index contributed by atoms with van der Waals surface area (Å²) in [5.74, 6) is 0.118. The zero-order chi connectivity index (χ0) is 21.8. The van der Waals surface area contributed by atoms with Crippen molar-refractivity contribution in [2.45, 2.75) is 53.6 Å². The molecular weight excluding hydrogens is 374 g/mol. The van der Waals surface area contributed by atoms with Crippen LogP contribution in [0.1, 0.15) is 55.6 Å². The maximum atomic E-state index is 13.3. The normalized spacial score (nSPS) is 14.1. The molecule has 2 aromatic rings. The zero-order valence-corrected chi connectivity index (χ0v) is 18.7. The minimum atomic E-state index is -0.494. The van der Waals surface area contributed by atoms with E-state index in [1.807, 2.05) is 43.3 Å². The average Bonchev–Trinajstić information content (AvgIpc) is 3.05. The van der Waals surface area contributed by atoms with E-state index in [-0.39, 0.29) is 11.8 Å². The van der Waals surface area contributed by atoms with E-state index >= 15 is 0 Å². The van der Waals surface area contributed by atoms with Gasteiger partial charge in [0.25, 0.3) is 5.91 Å². The maximum absolute atomic E-state index is 13.3. The van der Waals surface area contributed by atoms with Crippen molar-refractivity contribution in [2.75, 3.05) is 23.3 Å². The molecular formula is C25H33N3O2. The smallest absolute Gasteiger partial charge is 0.255 e. The van der Waals surface area contributed by atoms with Crippen LogP contribution in [0.15, 0.2) is 42.5 Å². The molecule has 0 bridgehead atoms. The summed E-state index contributed by atoms with van der Waals surface area (Å²) in [4.78, 5) is 30.3. The molecule has 1 aliphatic heterocycles. The van der Waals surface area contributed by atoms with Crippen molar-refractivity contribution in [1.82, 2.24) is 4.90 Å². The first-order valence-corrected chi connectivity index (χ1v) is 10.9. The first-order chi connectivity index (χ1) is 14.3. The van der Waals surface area contributed by atoms with Crippen molar-refractivity contribution in [1.29, 1.82) is 0 Å². The molecule has 0 spiro atoms. The number of carbonyl (C=O) groups is 2. The fourth-order valence-electron chi connectivity index (χ4n) is 4.14. The molecule has 0 unspecified atom stereocenters. The lowest BCUT2D eigenvalue weighted by atomic mass is 10.0. The Kier molecular flexibility index (Phi) is 6.80. The standard InChI is InChI=1S/C25H33N3O2/c1-6-27(7-2)20-12-13-22(18(5)15-20)26-24(29)23(14-17(3)4)28-16-19-10-8-9-11-21(19)25(28)30/h8-13,15,17,23H,6-7,14,16H2,1-5H3,(H,26,29)/t23-/m1/s1. The second-order valence-electron chi connectivity index (χ2n) is 8.40. The predicted octanol–water partition coefficient (Wildman–Crippen LogP) is 4.85. The second kappa shape index (κ2) is 9.33. The minimum absolute atomic E-state index is 0.0556. The molecule has 1 N–H and O–H groups in total. The molecule has 30 heavy (non-hydrogen) atoms. The van der Waals surface area contributed by atoms with Crippen LogP contribution in [0.25, 0.3) is 0 Å². The average molecular weight is 408 g/mol. The van der Waals surface area contributed by atoms with Gasteiger partial charge in [0, 0.05) is 36.6 Å². The Hall–Kier alpha value is -2.82. The largest absolute Gasteiger partial charge is 0.372 e. The number of rotatable bonds is 8. The lowest BCUT2D eigenvalue weighted by Crippen LogP contribution is -2.45. The Labute approximate surface area is 180 Å². The quantitative estimate of drug-likeness (QED) is 0.680. The Balaban J connectivity index is 1.81. The van der Waals surface area contributed by atoms with Gasteiger partial charge in [-0.1, -0.05) is 32.0 Å². The van der Waals surface area contributed by atoms with Crippen molar-refractivity contribution < 1.29 is 9.59 Å². The molecule has 2 aromatic carbocycles. The van der Waals surface area contributed by atoms with Crippen LogP contribution in [-0.2, 0) is 11.3 Å². The molecule has 1 atom stereocenters. The number of nitrogens with one attached hydrogen (secondary N) is 1. The van der Waals surface area contributed by atoms with Crippen LogP contribution in [-0.4, -0.2) is 35.8 Å². The van der Waals surface area contributed by atoms with Gasteiger partial charge in [-0.25, -0.2) is 0 Å². The Morgan fingerprint density at radius 3 is 2.43 bits per heavy atom. The number of aryl methyl sites for hydroxylation is 1. The molecule has 5 nitrogen and oxygen atoms in total. The SMILES string of the molecule is CCN(CC)c1ccc(NC(=O)[C@@H](CC(C)C)N2Cc3ccccc3C2=O)c(C)c1. The van der Waals surface area contributed by atoms with Gasteiger partial charge in [0.1, 0.15) is 6.04 Å². The van der Waals surface area contributed by atoms with Gasteiger partial charge in [-0.05, 0) is 68.5 Å². The number of carbonyl (C=O) groups excluding carboxylic acids is 2. The minimum Gasteiger partial charge on any atom is -0.372 e. The summed E-state index contributed by atoms with van der Waals surface area (Å²) in [6.45, 7) is 12.8. The van der Waals surface area contributed by atoms with Gasteiger partial charge in [-0.3, -0.25) is 9.59 Å². The van der Waals surface area contributed by atoms with E-state index in [1.54, 1.807) is 4.90 Å². The van der Waals surface area contributed by atoms with Crippen LogP contribution in [0.4, 0.5) is 11.4 Å². The Morgan fingerprint density at radius 2 is 1.83 bits per heavy atom. The Morgan fingerprint density at radius 1 is 1.13 bits per heavy atom. The summed E-state index contributed by atoms with van der Waals surface area (Å²) in [5, 5.41) is 3.09. The van der Waals surface area contributed by atoms with Crippen LogP contribution in [0.2, 0.25) is 0 Å². The molecule has 0 aromatic heterocycles. The zero-order valence-electron chi connectivity index (χ0n) is 18.7. The van der Waals surface area contributed by atoms with Gasteiger partial charge in [0.15, 0.2) is 0 Å². The number of benzene rings is 2. The van der Waals surface area contributed by atoms with Gasteiger partial charge in [0.05, 0.1) is 0 Å². The first kappa shape index (κ1) is 21.9. The highest BCUT2D eigenvalue weighted by Crippen LogP contribution is 2.28. The topological polar surface area (TPSA) is 52.7 Å². The maximum Gasteiger partial charge on any atom is 0.255 e. The Bertz CT molecular complexity index is 918. The molecule has 0 aliphatic carbocycles. The third kappa shape index (κ3) is 4.50. The van der Waals surface area contributed by atoms with E-state index in [0.717, 1.165) is 35.6 Å². The number of hydrogen-bond acceptors (Lipinski definition) is 3. The lowest BCUT2D eigenvalue weighted by Gasteiger charge is -2.29. The third-order valence-corrected chi connectivity index (χ3v) is 5.82.